The second-order valence-corrected chi connectivity index (χ2v) is 7.49. The van der Waals surface area contributed by atoms with Gasteiger partial charge in [0.15, 0.2) is 0 Å². The molecule has 0 bridgehead atoms. The lowest BCUT2D eigenvalue weighted by Crippen LogP contribution is -2.42. The summed E-state index contributed by atoms with van der Waals surface area (Å²) in [5, 5.41) is 3.15. The zero-order valence-electron chi connectivity index (χ0n) is 14.5. The summed E-state index contributed by atoms with van der Waals surface area (Å²) in [4.78, 5) is 17.1. The summed E-state index contributed by atoms with van der Waals surface area (Å²) < 4.78 is 5.42. The number of hydrogen-bond donors (Lipinski definition) is 1. The van der Waals surface area contributed by atoms with Gasteiger partial charge in [0.2, 0.25) is 5.91 Å². The van der Waals surface area contributed by atoms with E-state index in [4.69, 9.17) is 4.74 Å². The van der Waals surface area contributed by atoms with Crippen LogP contribution in [0.2, 0.25) is 0 Å². The summed E-state index contributed by atoms with van der Waals surface area (Å²) in [6.45, 7) is 6.19. The second-order valence-electron chi connectivity index (χ2n) is 6.17. The van der Waals surface area contributed by atoms with Crippen molar-refractivity contribution in [2.45, 2.75) is 13.0 Å². The molecule has 1 aliphatic rings. The molecule has 2 aromatic rings. The molecular formula is C20H24N2O2S. The van der Waals surface area contributed by atoms with Crippen molar-refractivity contribution in [3.05, 3.63) is 63.9 Å². The Bertz CT molecular complexity index is 705. The van der Waals surface area contributed by atoms with Gasteiger partial charge in [-0.1, -0.05) is 30.3 Å². The van der Waals surface area contributed by atoms with Crippen LogP contribution in [0, 0.1) is 6.92 Å². The number of ether oxygens (including phenoxy) is 1. The van der Waals surface area contributed by atoms with Crippen LogP contribution in [0.3, 0.4) is 0 Å². The first-order chi connectivity index (χ1) is 12.2. The Kier molecular flexibility index (Phi) is 6.39. The van der Waals surface area contributed by atoms with E-state index in [1.807, 2.05) is 30.3 Å². The number of aryl methyl sites for hydroxylation is 1. The number of morpholine rings is 1. The topological polar surface area (TPSA) is 41.6 Å². The van der Waals surface area contributed by atoms with Crippen molar-refractivity contribution in [3.8, 4) is 0 Å². The van der Waals surface area contributed by atoms with Crippen LogP contribution >= 0.6 is 11.3 Å². The smallest absolute Gasteiger partial charge is 0.244 e. The molecule has 2 heterocycles. The summed E-state index contributed by atoms with van der Waals surface area (Å²) in [6, 6.07) is 14.2. The Labute approximate surface area is 153 Å². The fourth-order valence-corrected chi connectivity index (χ4v) is 3.66. The van der Waals surface area contributed by atoms with Gasteiger partial charge in [-0.05, 0) is 30.7 Å². The van der Waals surface area contributed by atoms with Crippen molar-refractivity contribution >= 4 is 23.3 Å². The molecule has 0 radical (unpaired) electrons. The third-order valence-electron chi connectivity index (χ3n) is 4.22. The molecule has 5 heteroatoms. The first-order valence-electron chi connectivity index (χ1n) is 8.61. The van der Waals surface area contributed by atoms with E-state index in [2.05, 4.69) is 35.3 Å². The van der Waals surface area contributed by atoms with Gasteiger partial charge < -0.3 is 10.1 Å². The third-order valence-corrected chi connectivity index (χ3v) is 5.19. The predicted molar refractivity (Wildman–Crippen MR) is 103 cm³/mol. The Morgan fingerprint density at radius 3 is 2.68 bits per heavy atom. The van der Waals surface area contributed by atoms with Crippen LogP contribution in [0.5, 0.6) is 0 Å². The van der Waals surface area contributed by atoms with Crippen LogP contribution < -0.4 is 5.32 Å². The highest BCUT2D eigenvalue weighted by atomic mass is 32.1. The average molecular weight is 356 g/mol. The highest BCUT2D eigenvalue weighted by Gasteiger charge is 2.19. The molecule has 25 heavy (non-hydrogen) atoms. The molecule has 3 rings (SSSR count). The Balaban J connectivity index is 1.66. The average Bonchev–Trinajstić information content (AvgIpc) is 3.06. The fourth-order valence-electron chi connectivity index (χ4n) is 2.88. The molecule has 1 aliphatic heterocycles. The van der Waals surface area contributed by atoms with Gasteiger partial charge in [0, 0.05) is 35.5 Å². The number of nitrogens with one attached hydrogen (secondary N) is 1. The van der Waals surface area contributed by atoms with Crippen molar-refractivity contribution in [1.29, 1.82) is 0 Å². The van der Waals surface area contributed by atoms with E-state index in [1.54, 1.807) is 17.4 Å². The van der Waals surface area contributed by atoms with E-state index in [9.17, 15) is 4.79 Å². The van der Waals surface area contributed by atoms with E-state index in [-0.39, 0.29) is 11.9 Å². The minimum absolute atomic E-state index is 0.0264. The minimum Gasteiger partial charge on any atom is -0.379 e. The summed E-state index contributed by atoms with van der Waals surface area (Å²) in [5.41, 5.74) is 1.13. The third kappa shape index (κ3) is 5.53. The quantitative estimate of drug-likeness (QED) is 0.808. The largest absolute Gasteiger partial charge is 0.379 e. The molecule has 1 fully saturated rings. The summed E-state index contributed by atoms with van der Waals surface area (Å²) >= 11 is 1.68. The Morgan fingerprint density at radius 1 is 1.24 bits per heavy atom. The summed E-state index contributed by atoms with van der Waals surface area (Å²) in [5.74, 6) is -0.0619. The number of amides is 1. The monoisotopic (exact) mass is 356 g/mol. The number of nitrogens with zero attached hydrogens (tertiary/aromatic N) is 1. The van der Waals surface area contributed by atoms with E-state index >= 15 is 0 Å². The lowest BCUT2D eigenvalue weighted by atomic mass is 10.1. The maximum Gasteiger partial charge on any atom is 0.244 e. The Hall–Kier alpha value is -1.95. The molecule has 1 atom stereocenters. The van der Waals surface area contributed by atoms with E-state index in [0.717, 1.165) is 43.3 Å². The zero-order chi connectivity index (χ0) is 17.5. The van der Waals surface area contributed by atoms with Gasteiger partial charge in [-0.3, -0.25) is 9.69 Å². The molecule has 0 aliphatic carbocycles. The summed E-state index contributed by atoms with van der Waals surface area (Å²) in [7, 11) is 0. The van der Waals surface area contributed by atoms with Crippen LogP contribution in [0.4, 0.5) is 0 Å². The van der Waals surface area contributed by atoms with E-state index in [1.165, 1.54) is 4.88 Å². The highest BCUT2D eigenvalue weighted by Crippen LogP contribution is 2.17. The first kappa shape index (κ1) is 17.9. The number of thiophene rings is 1. The van der Waals surface area contributed by atoms with E-state index < -0.39 is 0 Å². The molecule has 1 saturated heterocycles. The molecule has 1 amide bonds. The second kappa shape index (κ2) is 8.94. The van der Waals surface area contributed by atoms with Gasteiger partial charge in [-0.2, -0.15) is 0 Å². The molecule has 0 spiro atoms. The molecule has 4 nitrogen and oxygen atoms in total. The van der Waals surface area contributed by atoms with Crippen molar-refractivity contribution in [2.75, 3.05) is 32.8 Å². The van der Waals surface area contributed by atoms with Gasteiger partial charge in [-0.15, -0.1) is 11.3 Å². The number of benzene rings is 1. The van der Waals surface area contributed by atoms with Crippen molar-refractivity contribution in [1.82, 2.24) is 10.2 Å². The van der Waals surface area contributed by atoms with Crippen molar-refractivity contribution < 1.29 is 9.53 Å². The molecule has 1 N–H and O–H groups in total. The molecule has 1 aromatic carbocycles. The number of hydrogen-bond acceptors (Lipinski definition) is 4. The van der Waals surface area contributed by atoms with Crippen LogP contribution in [0.1, 0.15) is 21.4 Å². The fraction of sp³-hybridized carbons (Fsp3) is 0.350. The van der Waals surface area contributed by atoms with Crippen molar-refractivity contribution in [3.63, 3.8) is 0 Å². The van der Waals surface area contributed by atoms with Crippen LogP contribution in [-0.2, 0) is 9.53 Å². The zero-order valence-corrected chi connectivity index (χ0v) is 15.3. The predicted octanol–water partition coefficient (Wildman–Crippen LogP) is 3.26. The van der Waals surface area contributed by atoms with Gasteiger partial charge in [0.05, 0.1) is 19.3 Å². The molecule has 1 aromatic heterocycles. The van der Waals surface area contributed by atoms with Gasteiger partial charge in [0.25, 0.3) is 0 Å². The summed E-state index contributed by atoms with van der Waals surface area (Å²) in [6.07, 6.45) is 3.50. The van der Waals surface area contributed by atoms with Gasteiger partial charge in [0.1, 0.15) is 0 Å². The highest BCUT2D eigenvalue weighted by molar-refractivity contribution is 7.12. The standard InChI is InChI=1S/C20H24N2O2S/c1-16-7-8-18(25-16)9-10-20(23)21-19(17-5-3-2-4-6-17)15-22-11-13-24-14-12-22/h2-10,19H,11-15H2,1H3,(H,21,23)/b10-9+/t19-/m0/s1. The van der Waals surface area contributed by atoms with Crippen LogP contribution in [0.25, 0.3) is 6.08 Å². The van der Waals surface area contributed by atoms with Crippen LogP contribution in [-0.4, -0.2) is 43.7 Å². The SMILES string of the molecule is Cc1ccc(/C=C/C(=O)N[C@@H](CN2CCOCC2)c2ccccc2)s1. The maximum absolute atomic E-state index is 12.4. The van der Waals surface area contributed by atoms with Gasteiger partial charge >= 0.3 is 0 Å². The molecule has 0 saturated carbocycles. The van der Waals surface area contributed by atoms with Crippen LogP contribution in [0.15, 0.2) is 48.5 Å². The maximum atomic E-state index is 12.4. The number of carbonyl (C=O) groups is 1. The van der Waals surface area contributed by atoms with Crippen molar-refractivity contribution in [2.24, 2.45) is 0 Å². The lowest BCUT2D eigenvalue weighted by Gasteiger charge is -2.31. The molecule has 0 unspecified atom stereocenters. The normalized spacial score (nSPS) is 16.8. The van der Waals surface area contributed by atoms with E-state index in [0.29, 0.717) is 0 Å². The molecule has 132 valence electrons. The van der Waals surface area contributed by atoms with Gasteiger partial charge in [-0.25, -0.2) is 0 Å². The minimum atomic E-state index is -0.0619. The first-order valence-corrected chi connectivity index (χ1v) is 9.42. The number of carbonyl (C=O) groups excluding carboxylic acids is 1. The number of rotatable bonds is 6. The molecular weight excluding hydrogens is 332 g/mol. The Morgan fingerprint density at radius 2 is 2.00 bits per heavy atom. The lowest BCUT2D eigenvalue weighted by molar-refractivity contribution is -0.117.